The maximum absolute atomic E-state index is 13.2. The predicted octanol–water partition coefficient (Wildman–Crippen LogP) is 6.41. The molecule has 0 atom stereocenters. The summed E-state index contributed by atoms with van der Waals surface area (Å²) in [5, 5.41) is 21.2. The molecule has 0 amide bonds. The van der Waals surface area contributed by atoms with Crippen LogP contribution in [0.15, 0.2) is 91.2 Å². The monoisotopic (exact) mass is 672 g/mol. The molecule has 0 saturated carbocycles. The van der Waals surface area contributed by atoms with Crippen molar-refractivity contribution in [2.45, 2.75) is 25.7 Å². The molecule has 240 valence electrons. The van der Waals surface area contributed by atoms with E-state index in [4.69, 9.17) is 48.2 Å². The normalized spacial score (nSPS) is 11.4. The molecule has 0 unspecified atom stereocenters. The third-order valence-electron chi connectivity index (χ3n) is 7.95. The molecule has 0 aliphatic heterocycles. The van der Waals surface area contributed by atoms with Gasteiger partial charge in [-0.25, -0.2) is 9.59 Å². The maximum Gasteiger partial charge on any atom is 0.340 e. The molecular formula is C36H30Cl2N2O7. The molecular weight excluding hydrogens is 643 g/mol. The minimum atomic E-state index is -0.562. The lowest BCUT2D eigenvalue weighted by molar-refractivity contribution is 0.299. The van der Waals surface area contributed by atoms with Crippen LogP contribution in [-0.4, -0.2) is 23.4 Å². The van der Waals surface area contributed by atoms with E-state index in [1.165, 1.54) is 12.1 Å². The molecule has 0 aliphatic rings. The first kappa shape index (κ1) is 32.2. The number of aliphatic hydroxyl groups excluding tert-OH is 2. The van der Waals surface area contributed by atoms with Gasteiger partial charge >= 0.3 is 11.3 Å². The first-order valence-electron chi connectivity index (χ1n) is 14.8. The number of aliphatic hydroxyl groups is 2. The molecule has 6 rings (SSSR count). The number of halogens is 2. The Hall–Kier alpha value is -4.80. The SMILES string of the molecule is Nc1cccc(Cc2c(CCO)c3cc(Cl)c(Oc4cc5oc(=O)c(Cc6cccc(N)c6)c(CCO)c5cc4Cl)cc3oc2=O)c1. The van der Waals surface area contributed by atoms with Crippen LogP contribution in [0.2, 0.25) is 10.0 Å². The van der Waals surface area contributed by atoms with Crippen LogP contribution in [0.5, 0.6) is 11.5 Å². The third kappa shape index (κ3) is 6.70. The topological polar surface area (TPSA) is 162 Å². The number of anilines is 2. The zero-order valence-corrected chi connectivity index (χ0v) is 26.5. The van der Waals surface area contributed by atoms with E-state index >= 15 is 0 Å². The lowest BCUT2D eigenvalue weighted by Crippen LogP contribution is -2.14. The molecule has 6 N–H and O–H groups in total. The summed E-state index contributed by atoms with van der Waals surface area (Å²) >= 11 is 13.4. The highest BCUT2D eigenvalue weighted by molar-refractivity contribution is 6.33. The van der Waals surface area contributed by atoms with Crippen LogP contribution in [0.25, 0.3) is 21.9 Å². The van der Waals surface area contributed by atoms with E-state index in [0.717, 1.165) is 11.1 Å². The second-order valence-corrected chi connectivity index (χ2v) is 12.0. The van der Waals surface area contributed by atoms with E-state index in [2.05, 4.69) is 0 Å². The molecule has 2 aromatic heterocycles. The van der Waals surface area contributed by atoms with Gasteiger partial charge in [0.25, 0.3) is 0 Å². The maximum atomic E-state index is 13.2. The van der Waals surface area contributed by atoms with E-state index in [1.807, 2.05) is 12.1 Å². The minimum Gasteiger partial charge on any atom is -0.454 e. The summed E-state index contributed by atoms with van der Waals surface area (Å²) in [5.41, 5.74) is 15.9. The van der Waals surface area contributed by atoms with Gasteiger partial charge in [-0.05, 0) is 71.5 Å². The number of nitrogens with two attached hydrogens (primary N) is 2. The number of hydrogen-bond acceptors (Lipinski definition) is 9. The van der Waals surface area contributed by atoms with E-state index < -0.39 is 11.3 Å². The van der Waals surface area contributed by atoms with Gasteiger partial charge in [-0.15, -0.1) is 0 Å². The number of rotatable bonds is 10. The Morgan fingerprint density at radius 3 is 1.43 bits per heavy atom. The summed E-state index contributed by atoms with van der Waals surface area (Å²) in [6, 6.07) is 20.6. The van der Waals surface area contributed by atoms with Crippen LogP contribution in [-0.2, 0) is 25.7 Å². The number of benzene rings is 4. The van der Waals surface area contributed by atoms with Crippen LogP contribution >= 0.6 is 23.2 Å². The number of hydrogen-bond donors (Lipinski definition) is 4. The van der Waals surface area contributed by atoms with Gasteiger partial charge in [0.05, 0.1) is 10.0 Å². The van der Waals surface area contributed by atoms with Crippen molar-refractivity contribution in [3.8, 4) is 11.5 Å². The van der Waals surface area contributed by atoms with Gasteiger partial charge in [0.2, 0.25) is 0 Å². The molecule has 4 aromatic carbocycles. The molecule has 9 nitrogen and oxygen atoms in total. The van der Waals surface area contributed by atoms with Gasteiger partial charge < -0.3 is 35.3 Å². The number of ether oxygens (including phenoxy) is 1. The fraction of sp³-hybridized carbons (Fsp3) is 0.167. The lowest BCUT2D eigenvalue weighted by atomic mass is 9.96. The third-order valence-corrected chi connectivity index (χ3v) is 8.54. The number of fused-ring (bicyclic) bond motifs is 2. The van der Waals surface area contributed by atoms with Crippen molar-refractivity contribution in [2.75, 3.05) is 24.7 Å². The molecule has 11 heteroatoms. The summed E-state index contributed by atoms with van der Waals surface area (Å²) in [6.07, 6.45) is 0.904. The zero-order valence-electron chi connectivity index (χ0n) is 25.0. The van der Waals surface area contributed by atoms with Crippen molar-refractivity contribution >= 4 is 56.5 Å². The standard InChI is InChI=1S/C36H30Cl2N2O7/c37-29-15-25-23(7-9-41)27(13-19-3-1-5-21(39)11-19)35(43)46-31(25)17-33(29)45-34-18-32-26(16-30(34)38)24(8-10-42)28(36(44)47-32)14-20-4-2-6-22(40)12-20/h1-6,11-12,15-18,41-42H,7-10,13-14,39-40H2. The van der Waals surface area contributed by atoms with Gasteiger partial charge in [0.1, 0.15) is 22.7 Å². The Balaban J connectivity index is 1.40. The van der Waals surface area contributed by atoms with Crippen molar-refractivity contribution in [3.63, 3.8) is 0 Å². The van der Waals surface area contributed by atoms with E-state index in [9.17, 15) is 19.8 Å². The van der Waals surface area contributed by atoms with Crippen LogP contribution in [0, 0.1) is 0 Å². The molecule has 0 saturated heterocycles. The Morgan fingerprint density at radius 2 is 1.04 bits per heavy atom. The van der Waals surface area contributed by atoms with Crippen molar-refractivity contribution in [1.82, 2.24) is 0 Å². The molecule has 0 spiro atoms. The van der Waals surface area contributed by atoms with Crippen LogP contribution in [0.1, 0.15) is 33.4 Å². The average Bonchev–Trinajstić information content (AvgIpc) is 3.02. The Morgan fingerprint density at radius 1 is 0.617 bits per heavy atom. The van der Waals surface area contributed by atoms with Crippen molar-refractivity contribution in [1.29, 1.82) is 0 Å². The first-order chi connectivity index (χ1) is 22.6. The molecule has 0 fully saturated rings. The smallest absolute Gasteiger partial charge is 0.340 e. The Bertz CT molecular complexity index is 2100. The molecule has 0 bridgehead atoms. The summed E-state index contributed by atoms with van der Waals surface area (Å²) in [5.74, 6) is 0.275. The first-order valence-corrected chi connectivity index (χ1v) is 15.6. The van der Waals surface area contributed by atoms with Crippen LogP contribution < -0.4 is 27.5 Å². The van der Waals surface area contributed by atoms with E-state index in [-0.39, 0.29) is 71.6 Å². The largest absolute Gasteiger partial charge is 0.454 e. The van der Waals surface area contributed by atoms with Gasteiger partial charge in [0.15, 0.2) is 0 Å². The average molecular weight is 674 g/mol. The molecule has 6 aromatic rings. The highest BCUT2D eigenvalue weighted by atomic mass is 35.5. The fourth-order valence-electron chi connectivity index (χ4n) is 5.85. The highest BCUT2D eigenvalue weighted by Gasteiger charge is 2.21. The molecule has 0 aliphatic carbocycles. The lowest BCUT2D eigenvalue weighted by Gasteiger charge is -2.15. The van der Waals surface area contributed by atoms with Crippen LogP contribution in [0.4, 0.5) is 11.4 Å². The predicted molar refractivity (Wildman–Crippen MR) is 184 cm³/mol. The Labute approximate surface area is 278 Å². The molecule has 0 radical (unpaired) electrons. The quantitative estimate of drug-likeness (QED) is 0.0951. The highest BCUT2D eigenvalue weighted by Crippen LogP contribution is 2.40. The summed E-state index contributed by atoms with van der Waals surface area (Å²) in [7, 11) is 0. The second-order valence-electron chi connectivity index (χ2n) is 11.1. The van der Waals surface area contributed by atoms with Crippen LogP contribution in [0.3, 0.4) is 0 Å². The zero-order chi connectivity index (χ0) is 33.2. The van der Waals surface area contributed by atoms with Crippen molar-refractivity contribution in [2.24, 2.45) is 0 Å². The Kier molecular flexibility index (Phi) is 9.24. The van der Waals surface area contributed by atoms with Gasteiger partial charge in [-0.3, -0.25) is 0 Å². The van der Waals surface area contributed by atoms with E-state index in [1.54, 1.807) is 48.5 Å². The summed E-state index contributed by atoms with van der Waals surface area (Å²) in [6.45, 7) is -0.398. The summed E-state index contributed by atoms with van der Waals surface area (Å²) in [4.78, 5) is 26.4. The second kappa shape index (κ2) is 13.5. The van der Waals surface area contributed by atoms with Gasteiger partial charge in [-0.1, -0.05) is 47.5 Å². The van der Waals surface area contributed by atoms with Gasteiger partial charge in [-0.2, -0.15) is 0 Å². The minimum absolute atomic E-state index is 0.137. The summed E-state index contributed by atoms with van der Waals surface area (Å²) < 4.78 is 17.5. The fourth-order valence-corrected chi connectivity index (χ4v) is 6.25. The van der Waals surface area contributed by atoms with E-state index in [0.29, 0.717) is 44.4 Å². The van der Waals surface area contributed by atoms with Crippen molar-refractivity contribution in [3.05, 3.63) is 137 Å². The molecule has 47 heavy (non-hydrogen) atoms. The van der Waals surface area contributed by atoms with Crippen molar-refractivity contribution < 1.29 is 23.8 Å². The van der Waals surface area contributed by atoms with Gasteiger partial charge in [0, 0.05) is 71.5 Å². The molecule has 2 heterocycles. The number of nitrogen functional groups attached to an aromatic ring is 2.